The van der Waals surface area contributed by atoms with Crippen LogP contribution in [0.2, 0.25) is 0 Å². The van der Waals surface area contributed by atoms with E-state index in [9.17, 15) is 14.0 Å². The second-order valence-corrected chi connectivity index (χ2v) is 5.19. The summed E-state index contributed by atoms with van der Waals surface area (Å²) in [6.45, 7) is 6.43. The highest BCUT2D eigenvalue weighted by atomic mass is 19.1. The summed E-state index contributed by atoms with van der Waals surface area (Å²) in [6, 6.07) is 2.91. The summed E-state index contributed by atoms with van der Waals surface area (Å²) in [7, 11) is 0. The molecule has 1 aliphatic carbocycles. The standard InChI is InChI=1S/C14H15FO3/c1-7-5-6-9(15)11-10(7)12(17)13(14(11,3)4)18-8(2)16/h5-6,13H,1-4H3. The van der Waals surface area contributed by atoms with Crippen LogP contribution >= 0.6 is 0 Å². The molecule has 0 aliphatic heterocycles. The Morgan fingerprint density at radius 1 is 1.39 bits per heavy atom. The molecule has 2 rings (SSSR count). The maximum atomic E-state index is 14.0. The number of ether oxygens (including phenoxy) is 1. The predicted molar refractivity (Wildman–Crippen MR) is 64.0 cm³/mol. The number of carbonyl (C=O) groups excluding carboxylic acids is 2. The summed E-state index contributed by atoms with van der Waals surface area (Å²) in [5, 5.41) is 0. The fraction of sp³-hybridized carbons (Fsp3) is 0.429. The van der Waals surface area contributed by atoms with Crippen molar-refractivity contribution in [1.82, 2.24) is 0 Å². The molecule has 1 aliphatic rings. The summed E-state index contributed by atoms with van der Waals surface area (Å²) >= 11 is 0. The molecule has 0 heterocycles. The normalized spacial score (nSPS) is 20.7. The summed E-state index contributed by atoms with van der Waals surface area (Å²) in [6.07, 6.45) is -0.944. The van der Waals surface area contributed by atoms with Gasteiger partial charge >= 0.3 is 5.97 Å². The smallest absolute Gasteiger partial charge is 0.303 e. The number of hydrogen-bond donors (Lipinski definition) is 0. The molecule has 1 aromatic carbocycles. The van der Waals surface area contributed by atoms with Gasteiger partial charge in [0, 0.05) is 23.5 Å². The van der Waals surface area contributed by atoms with Crippen molar-refractivity contribution in [1.29, 1.82) is 0 Å². The van der Waals surface area contributed by atoms with Crippen LogP contribution in [0.1, 0.15) is 42.3 Å². The quantitative estimate of drug-likeness (QED) is 0.719. The first kappa shape index (κ1) is 12.7. The second kappa shape index (κ2) is 3.90. The van der Waals surface area contributed by atoms with Crippen LogP contribution in [0, 0.1) is 12.7 Å². The van der Waals surface area contributed by atoms with E-state index in [1.54, 1.807) is 26.8 Å². The molecule has 0 spiro atoms. The van der Waals surface area contributed by atoms with Gasteiger partial charge in [0.1, 0.15) is 5.82 Å². The Labute approximate surface area is 105 Å². The minimum absolute atomic E-state index is 0.317. The highest BCUT2D eigenvalue weighted by molar-refractivity contribution is 6.07. The van der Waals surface area contributed by atoms with Crippen molar-refractivity contribution in [2.75, 3.05) is 0 Å². The number of rotatable bonds is 1. The Hall–Kier alpha value is -1.71. The largest absolute Gasteiger partial charge is 0.453 e. The maximum absolute atomic E-state index is 14.0. The molecule has 1 atom stereocenters. The zero-order valence-corrected chi connectivity index (χ0v) is 10.8. The van der Waals surface area contributed by atoms with Gasteiger partial charge in [0.05, 0.1) is 0 Å². The van der Waals surface area contributed by atoms with Crippen molar-refractivity contribution >= 4 is 11.8 Å². The number of halogens is 1. The minimum atomic E-state index is -0.944. The van der Waals surface area contributed by atoms with Crippen LogP contribution in [0.25, 0.3) is 0 Å². The van der Waals surface area contributed by atoms with Crippen LogP contribution < -0.4 is 0 Å². The van der Waals surface area contributed by atoms with Crippen molar-refractivity contribution in [3.63, 3.8) is 0 Å². The van der Waals surface area contributed by atoms with Gasteiger partial charge in [-0.3, -0.25) is 9.59 Å². The molecular weight excluding hydrogens is 235 g/mol. The van der Waals surface area contributed by atoms with Crippen LogP contribution in [0.4, 0.5) is 4.39 Å². The summed E-state index contributed by atoms with van der Waals surface area (Å²) < 4.78 is 19.0. The number of hydrogen-bond acceptors (Lipinski definition) is 3. The average Bonchev–Trinajstić information content (AvgIpc) is 2.45. The van der Waals surface area contributed by atoms with Crippen LogP contribution in [-0.2, 0) is 14.9 Å². The minimum Gasteiger partial charge on any atom is -0.453 e. The molecule has 4 heteroatoms. The molecule has 0 N–H and O–H groups in total. The predicted octanol–water partition coefficient (Wildman–Crippen LogP) is 2.54. The molecule has 1 aromatic rings. The third-order valence-corrected chi connectivity index (χ3v) is 3.43. The Morgan fingerprint density at radius 2 is 2.00 bits per heavy atom. The summed E-state index contributed by atoms with van der Waals surface area (Å²) in [4.78, 5) is 23.4. The van der Waals surface area contributed by atoms with Gasteiger partial charge < -0.3 is 4.74 Å². The SMILES string of the molecule is CC(=O)OC1C(=O)c2c(C)ccc(F)c2C1(C)C. The monoisotopic (exact) mass is 250 g/mol. The molecule has 96 valence electrons. The van der Waals surface area contributed by atoms with Crippen molar-refractivity contribution < 1.29 is 18.7 Å². The van der Waals surface area contributed by atoms with Gasteiger partial charge in [-0.2, -0.15) is 0 Å². The number of benzene rings is 1. The molecule has 0 radical (unpaired) electrons. The lowest BCUT2D eigenvalue weighted by molar-refractivity contribution is -0.146. The van der Waals surface area contributed by atoms with Gasteiger partial charge in [-0.25, -0.2) is 4.39 Å². The summed E-state index contributed by atoms with van der Waals surface area (Å²) in [5.41, 5.74) is 0.568. The molecule has 0 bridgehead atoms. The van der Waals surface area contributed by atoms with Crippen LogP contribution in [0.3, 0.4) is 0 Å². The molecule has 3 nitrogen and oxygen atoms in total. The Morgan fingerprint density at radius 3 is 2.50 bits per heavy atom. The first-order valence-corrected chi connectivity index (χ1v) is 5.78. The van der Waals surface area contributed by atoms with E-state index < -0.39 is 23.3 Å². The molecule has 0 amide bonds. The Kier molecular flexibility index (Phi) is 2.76. The fourth-order valence-corrected chi connectivity index (χ4v) is 2.59. The van der Waals surface area contributed by atoms with E-state index in [0.717, 1.165) is 0 Å². The average molecular weight is 250 g/mol. The van der Waals surface area contributed by atoms with Gasteiger partial charge in [-0.15, -0.1) is 0 Å². The van der Waals surface area contributed by atoms with E-state index in [0.29, 0.717) is 16.7 Å². The van der Waals surface area contributed by atoms with Crippen molar-refractivity contribution in [2.45, 2.75) is 39.2 Å². The number of esters is 1. The molecule has 0 saturated carbocycles. The molecule has 0 saturated heterocycles. The lowest BCUT2D eigenvalue weighted by Gasteiger charge is -2.26. The van der Waals surface area contributed by atoms with Gasteiger partial charge in [0.15, 0.2) is 6.10 Å². The van der Waals surface area contributed by atoms with E-state index in [1.807, 2.05) is 0 Å². The lowest BCUT2D eigenvalue weighted by atomic mass is 9.83. The Balaban J connectivity index is 2.64. The molecule has 1 unspecified atom stereocenters. The lowest BCUT2D eigenvalue weighted by Crippen LogP contribution is -2.37. The highest BCUT2D eigenvalue weighted by Crippen LogP contribution is 2.42. The maximum Gasteiger partial charge on any atom is 0.303 e. The van der Waals surface area contributed by atoms with E-state index in [-0.39, 0.29) is 5.78 Å². The first-order chi connectivity index (χ1) is 8.26. The zero-order chi connectivity index (χ0) is 13.7. The van der Waals surface area contributed by atoms with Crippen LogP contribution in [-0.4, -0.2) is 17.9 Å². The first-order valence-electron chi connectivity index (χ1n) is 5.78. The molecule has 18 heavy (non-hydrogen) atoms. The van der Waals surface area contributed by atoms with E-state index >= 15 is 0 Å². The van der Waals surface area contributed by atoms with Crippen molar-refractivity contribution in [3.05, 3.63) is 34.6 Å². The van der Waals surface area contributed by atoms with Crippen molar-refractivity contribution in [2.24, 2.45) is 0 Å². The zero-order valence-electron chi connectivity index (χ0n) is 10.8. The third-order valence-electron chi connectivity index (χ3n) is 3.43. The van der Waals surface area contributed by atoms with E-state index in [2.05, 4.69) is 0 Å². The van der Waals surface area contributed by atoms with Crippen molar-refractivity contribution in [3.8, 4) is 0 Å². The number of carbonyl (C=O) groups is 2. The third kappa shape index (κ3) is 1.64. The van der Waals surface area contributed by atoms with Gasteiger partial charge in [0.25, 0.3) is 0 Å². The number of aryl methyl sites for hydroxylation is 1. The molecule has 0 aromatic heterocycles. The number of ketones is 1. The Bertz CT molecular complexity index is 546. The van der Waals surface area contributed by atoms with Crippen LogP contribution in [0.5, 0.6) is 0 Å². The topological polar surface area (TPSA) is 43.4 Å². The van der Waals surface area contributed by atoms with Gasteiger partial charge in [-0.1, -0.05) is 19.9 Å². The van der Waals surface area contributed by atoms with Gasteiger partial charge in [-0.05, 0) is 18.6 Å². The number of Topliss-reactive ketones (excluding diaryl/α,β-unsaturated/α-hetero) is 1. The highest BCUT2D eigenvalue weighted by Gasteiger charge is 2.50. The van der Waals surface area contributed by atoms with E-state index in [4.69, 9.17) is 4.74 Å². The van der Waals surface area contributed by atoms with Gasteiger partial charge in [0.2, 0.25) is 5.78 Å². The number of fused-ring (bicyclic) bond motifs is 1. The van der Waals surface area contributed by atoms with E-state index in [1.165, 1.54) is 13.0 Å². The summed E-state index contributed by atoms with van der Waals surface area (Å²) in [5.74, 6) is -1.28. The molecule has 0 fully saturated rings. The fourth-order valence-electron chi connectivity index (χ4n) is 2.59. The molecular formula is C14H15FO3. The second-order valence-electron chi connectivity index (χ2n) is 5.19. The van der Waals surface area contributed by atoms with Crippen LogP contribution in [0.15, 0.2) is 12.1 Å².